The third-order valence-electron chi connectivity index (χ3n) is 2.82. The van der Waals surface area contributed by atoms with Crippen molar-refractivity contribution in [3.05, 3.63) is 52.5 Å². The Kier molecular flexibility index (Phi) is 4.31. The van der Waals surface area contributed by atoms with Crippen LogP contribution in [0.5, 0.6) is 5.75 Å². The van der Waals surface area contributed by atoms with E-state index < -0.39 is 0 Å². The van der Waals surface area contributed by atoms with Crippen LogP contribution in [0.2, 0.25) is 5.02 Å². The van der Waals surface area contributed by atoms with Gasteiger partial charge in [-0.2, -0.15) is 5.26 Å². The van der Waals surface area contributed by atoms with Gasteiger partial charge in [-0.3, -0.25) is 4.79 Å². The lowest BCUT2D eigenvalue weighted by molar-refractivity contribution is 0.102. The van der Waals surface area contributed by atoms with Gasteiger partial charge in [0.25, 0.3) is 5.91 Å². The molecule has 0 aliphatic heterocycles. The Morgan fingerprint density at radius 2 is 2.10 bits per heavy atom. The number of benzene rings is 2. The highest BCUT2D eigenvalue weighted by molar-refractivity contribution is 6.32. The number of nitrogens with one attached hydrogen (secondary N) is 1. The molecular weight excluding hydrogens is 290 g/mol. The summed E-state index contributed by atoms with van der Waals surface area (Å²) in [4.78, 5) is 12.2. The highest BCUT2D eigenvalue weighted by atomic mass is 35.5. The average Bonchev–Trinajstić information content (AvgIpc) is 2.47. The summed E-state index contributed by atoms with van der Waals surface area (Å²) >= 11 is 5.92. The Morgan fingerprint density at radius 3 is 2.71 bits per heavy atom. The van der Waals surface area contributed by atoms with Crippen LogP contribution in [0.3, 0.4) is 0 Å². The third kappa shape index (κ3) is 3.25. The van der Waals surface area contributed by atoms with Crippen LogP contribution < -0.4 is 15.8 Å². The van der Waals surface area contributed by atoms with Crippen LogP contribution in [0.1, 0.15) is 15.9 Å². The summed E-state index contributed by atoms with van der Waals surface area (Å²) in [5, 5.41) is 11.8. The zero-order valence-corrected chi connectivity index (χ0v) is 11.9. The molecule has 0 atom stereocenters. The Hall–Kier alpha value is -2.71. The number of carbonyl (C=O) groups is 1. The molecule has 106 valence electrons. The van der Waals surface area contributed by atoms with Crippen molar-refractivity contribution < 1.29 is 9.53 Å². The summed E-state index contributed by atoms with van der Waals surface area (Å²) in [6, 6.07) is 11.4. The van der Waals surface area contributed by atoms with Gasteiger partial charge in [0.05, 0.1) is 23.3 Å². The predicted molar refractivity (Wildman–Crippen MR) is 81.5 cm³/mol. The fraction of sp³-hybridized carbons (Fsp3) is 0.0667. The van der Waals surface area contributed by atoms with Crippen molar-refractivity contribution in [1.29, 1.82) is 5.26 Å². The van der Waals surface area contributed by atoms with E-state index in [1.165, 1.54) is 19.2 Å². The molecule has 0 unspecified atom stereocenters. The first kappa shape index (κ1) is 14.7. The standard InChI is InChI=1S/C15H12ClN3O2/c1-21-14-6-10(18)3-5-12(14)15(20)19-11-4-2-9(8-17)13(16)7-11/h2-7H,18H2,1H3,(H,19,20). The van der Waals surface area contributed by atoms with Gasteiger partial charge in [-0.1, -0.05) is 11.6 Å². The first-order chi connectivity index (χ1) is 10.0. The van der Waals surface area contributed by atoms with E-state index in [0.717, 1.165) is 0 Å². The van der Waals surface area contributed by atoms with E-state index >= 15 is 0 Å². The summed E-state index contributed by atoms with van der Waals surface area (Å²) in [6.07, 6.45) is 0. The van der Waals surface area contributed by atoms with Crippen LogP contribution in [0.25, 0.3) is 0 Å². The first-order valence-electron chi connectivity index (χ1n) is 5.99. The first-order valence-corrected chi connectivity index (χ1v) is 6.37. The van der Waals surface area contributed by atoms with Gasteiger partial charge in [0.1, 0.15) is 11.8 Å². The number of hydrogen-bond acceptors (Lipinski definition) is 4. The Balaban J connectivity index is 2.26. The average molecular weight is 302 g/mol. The van der Waals surface area contributed by atoms with Gasteiger partial charge >= 0.3 is 0 Å². The Bertz CT molecular complexity index is 738. The maximum atomic E-state index is 12.2. The number of nitrogen functional groups attached to an aromatic ring is 1. The monoisotopic (exact) mass is 301 g/mol. The normalized spacial score (nSPS) is 9.76. The second-order valence-electron chi connectivity index (χ2n) is 4.22. The zero-order chi connectivity index (χ0) is 15.4. The molecule has 6 heteroatoms. The molecule has 21 heavy (non-hydrogen) atoms. The van der Waals surface area contributed by atoms with E-state index in [9.17, 15) is 4.79 Å². The fourth-order valence-corrected chi connectivity index (χ4v) is 2.00. The maximum absolute atomic E-state index is 12.2. The number of methoxy groups -OCH3 is 1. The van der Waals surface area contributed by atoms with Crippen LogP contribution in [0.15, 0.2) is 36.4 Å². The molecule has 0 radical (unpaired) electrons. The van der Waals surface area contributed by atoms with Crippen LogP contribution >= 0.6 is 11.6 Å². The largest absolute Gasteiger partial charge is 0.496 e. The van der Waals surface area contributed by atoms with Crippen LogP contribution in [0.4, 0.5) is 11.4 Å². The number of amides is 1. The molecule has 2 rings (SSSR count). The van der Waals surface area contributed by atoms with Gasteiger partial charge < -0.3 is 15.8 Å². The number of nitrogens with zero attached hydrogens (tertiary/aromatic N) is 1. The van der Waals surface area contributed by atoms with Crippen LogP contribution in [0, 0.1) is 11.3 Å². The van der Waals surface area contributed by atoms with Crippen molar-refractivity contribution in [1.82, 2.24) is 0 Å². The van der Waals surface area contributed by atoms with Crippen LogP contribution in [-0.4, -0.2) is 13.0 Å². The van der Waals surface area contributed by atoms with E-state index in [2.05, 4.69) is 5.32 Å². The number of rotatable bonds is 3. The lowest BCUT2D eigenvalue weighted by Crippen LogP contribution is -2.13. The molecule has 0 aliphatic carbocycles. The van der Waals surface area contributed by atoms with Crippen molar-refractivity contribution in [3.63, 3.8) is 0 Å². The topological polar surface area (TPSA) is 88.1 Å². The lowest BCUT2D eigenvalue weighted by Gasteiger charge is -2.10. The predicted octanol–water partition coefficient (Wildman–Crippen LogP) is 3.05. The van der Waals surface area contributed by atoms with E-state index in [-0.39, 0.29) is 10.9 Å². The molecule has 2 aromatic carbocycles. The van der Waals surface area contributed by atoms with E-state index in [1.54, 1.807) is 24.3 Å². The lowest BCUT2D eigenvalue weighted by atomic mass is 10.1. The zero-order valence-electron chi connectivity index (χ0n) is 11.2. The van der Waals surface area contributed by atoms with Crippen molar-refractivity contribution in [3.8, 4) is 11.8 Å². The minimum absolute atomic E-state index is 0.277. The summed E-state index contributed by atoms with van der Waals surface area (Å²) in [5.74, 6) is 0.0277. The summed E-state index contributed by atoms with van der Waals surface area (Å²) in [7, 11) is 1.46. The van der Waals surface area contributed by atoms with Gasteiger partial charge in [-0.25, -0.2) is 0 Å². The second-order valence-corrected chi connectivity index (χ2v) is 4.63. The molecule has 0 spiro atoms. The summed E-state index contributed by atoms with van der Waals surface area (Å²) < 4.78 is 5.14. The smallest absolute Gasteiger partial charge is 0.259 e. The van der Waals surface area contributed by atoms with Crippen molar-refractivity contribution in [2.24, 2.45) is 0 Å². The van der Waals surface area contributed by atoms with Gasteiger partial charge in [0.15, 0.2) is 0 Å². The van der Waals surface area contributed by atoms with Gasteiger partial charge in [0.2, 0.25) is 0 Å². The Labute approximate surface area is 126 Å². The number of anilines is 2. The van der Waals surface area contributed by atoms with Gasteiger partial charge in [-0.05, 0) is 30.3 Å². The molecule has 5 nitrogen and oxygen atoms in total. The number of nitrogens with two attached hydrogens (primary N) is 1. The van der Waals surface area contributed by atoms with E-state index in [0.29, 0.717) is 28.3 Å². The third-order valence-corrected chi connectivity index (χ3v) is 3.13. The number of carbonyl (C=O) groups excluding carboxylic acids is 1. The van der Waals surface area contributed by atoms with Gasteiger partial charge in [0, 0.05) is 17.4 Å². The fourth-order valence-electron chi connectivity index (χ4n) is 1.78. The number of ether oxygens (including phenoxy) is 1. The van der Waals surface area contributed by atoms with E-state index in [1.807, 2.05) is 6.07 Å². The summed E-state index contributed by atoms with van der Waals surface area (Å²) in [6.45, 7) is 0. The van der Waals surface area contributed by atoms with Crippen molar-refractivity contribution >= 4 is 28.9 Å². The Morgan fingerprint density at radius 1 is 1.33 bits per heavy atom. The minimum Gasteiger partial charge on any atom is -0.496 e. The second kappa shape index (κ2) is 6.16. The van der Waals surface area contributed by atoms with Gasteiger partial charge in [-0.15, -0.1) is 0 Å². The molecule has 0 aromatic heterocycles. The number of nitriles is 1. The molecule has 0 heterocycles. The molecule has 0 saturated heterocycles. The summed E-state index contributed by atoms with van der Waals surface area (Å²) in [5.41, 5.74) is 7.34. The quantitative estimate of drug-likeness (QED) is 0.853. The highest BCUT2D eigenvalue weighted by Gasteiger charge is 2.13. The molecule has 1 amide bonds. The van der Waals surface area contributed by atoms with E-state index in [4.69, 9.17) is 27.3 Å². The molecule has 3 N–H and O–H groups in total. The van der Waals surface area contributed by atoms with Crippen molar-refractivity contribution in [2.45, 2.75) is 0 Å². The number of halogens is 1. The van der Waals surface area contributed by atoms with Crippen LogP contribution in [-0.2, 0) is 0 Å². The SMILES string of the molecule is COc1cc(N)ccc1C(=O)Nc1ccc(C#N)c(Cl)c1. The number of hydrogen-bond donors (Lipinski definition) is 2. The molecule has 2 aromatic rings. The molecular formula is C15H12ClN3O2. The maximum Gasteiger partial charge on any atom is 0.259 e. The highest BCUT2D eigenvalue weighted by Crippen LogP contribution is 2.24. The molecule has 0 bridgehead atoms. The minimum atomic E-state index is -0.354. The molecule has 0 fully saturated rings. The molecule has 0 saturated carbocycles. The molecule has 0 aliphatic rings. The van der Waals surface area contributed by atoms with Crippen molar-refractivity contribution in [2.75, 3.05) is 18.2 Å².